The van der Waals surface area contributed by atoms with Crippen molar-refractivity contribution in [1.29, 1.82) is 0 Å². The van der Waals surface area contributed by atoms with Gasteiger partial charge in [-0.1, -0.05) is 12.1 Å². The molecule has 7 heteroatoms. The van der Waals surface area contributed by atoms with Gasteiger partial charge < -0.3 is 24.7 Å². The van der Waals surface area contributed by atoms with Crippen molar-refractivity contribution in [2.75, 3.05) is 31.6 Å². The number of carbonyl (C=O) groups excluding carboxylic acids is 1. The number of anilines is 1. The third-order valence-corrected chi connectivity index (χ3v) is 5.37. The number of nitrogens with one attached hydrogen (secondary N) is 2. The van der Waals surface area contributed by atoms with Crippen molar-refractivity contribution in [2.24, 2.45) is 0 Å². The highest BCUT2D eigenvalue weighted by atomic mass is 16.6. The van der Waals surface area contributed by atoms with Gasteiger partial charge in [0.15, 0.2) is 11.5 Å². The SMILES string of the molecule is O=C(Nc1ccc2c(c1)OCCO2)N1CCC(c2nc3ccccc3[nH]2)CC1. The van der Waals surface area contributed by atoms with E-state index in [1.165, 1.54) is 0 Å². The Morgan fingerprint density at radius 1 is 1.07 bits per heavy atom. The topological polar surface area (TPSA) is 79.5 Å². The standard InChI is InChI=1S/C21H22N4O3/c26-21(22-15-5-6-18-19(13-15)28-12-11-27-18)25-9-7-14(8-10-25)20-23-16-3-1-2-4-17(16)24-20/h1-6,13-14H,7-12H2,(H,22,26)(H,23,24). The molecule has 3 aromatic rings. The predicted molar refractivity (Wildman–Crippen MR) is 106 cm³/mol. The number of piperidine rings is 1. The van der Waals surface area contributed by atoms with Gasteiger partial charge in [0.1, 0.15) is 19.0 Å². The molecule has 0 radical (unpaired) electrons. The number of aromatic amines is 1. The second-order valence-electron chi connectivity index (χ2n) is 7.19. The average Bonchev–Trinajstić information content (AvgIpc) is 3.18. The molecule has 0 atom stereocenters. The fourth-order valence-corrected chi connectivity index (χ4v) is 3.85. The number of ether oxygens (including phenoxy) is 2. The van der Waals surface area contributed by atoms with Crippen molar-refractivity contribution < 1.29 is 14.3 Å². The van der Waals surface area contributed by atoms with E-state index in [-0.39, 0.29) is 6.03 Å². The smallest absolute Gasteiger partial charge is 0.321 e. The van der Waals surface area contributed by atoms with E-state index < -0.39 is 0 Å². The summed E-state index contributed by atoms with van der Waals surface area (Å²) in [7, 11) is 0. The first kappa shape index (κ1) is 16.9. The molecule has 2 aliphatic heterocycles. The van der Waals surface area contributed by atoms with E-state index in [1.807, 2.05) is 47.4 Å². The highest BCUT2D eigenvalue weighted by Gasteiger charge is 2.26. The molecule has 7 nitrogen and oxygen atoms in total. The average molecular weight is 378 g/mol. The lowest BCUT2D eigenvalue weighted by Gasteiger charge is -2.31. The second kappa shape index (κ2) is 7.07. The molecule has 0 unspecified atom stereocenters. The molecule has 1 fully saturated rings. The number of nitrogens with zero attached hydrogens (tertiary/aromatic N) is 2. The Morgan fingerprint density at radius 2 is 1.86 bits per heavy atom. The summed E-state index contributed by atoms with van der Waals surface area (Å²) < 4.78 is 11.1. The summed E-state index contributed by atoms with van der Waals surface area (Å²) in [6, 6.07) is 13.5. The summed E-state index contributed by atoms with van der Waals surface area (Å²) in [5.41, 5.74) is 2.78. The molecule has 2 aliphatic rings. The zero-order valence-corrected chi connectivity index (χ0v) is 15.5. The number of imidazole rings is 1. The number of likely N-dealkylation sites (tertiary alicyclic amines) is 1. The number of hydrogen-bond acceptors (Lipinski definition) is 4. The highest BCUT2D eigenvalue weighted by molar-refractivity contribution is 5.89. The number of fused-ring (bicyclic) bond motifs is 2. The van der Waals surface area contributed by atoms with Crippen LogP contribution in [0, 0.1) is 0 Å². The van der Waals surface area contributed by atoms with Crippen LogP contribution in [-0.4, -0.2) is 47.2 Å². The van der Waals surface area contributed by atoms with Crippen molar-refractivity contribution >= 4 is 22.8 Å². The van der Waals surface area contributed by atoms with Crippen LogP contribution in [0.25, 0.3) is 11.0 Å². The minimum Gasteiger partial charge on any atom is -0.486 e. The molecule has 2 N–H and O–H groups in total. The summed E-state index contributed by atoms with van der Waals surface area (Å²) in [5.74, 6) is 2.77. The van der Waals surface area contributed by atoms with Gasteiger partial charge in [-0.25, -0.2) is 9.78 Å². The van der Waals surface area contributed by atoms with Gasteiger partial charge in [-0.2, -0.15) is 0 Å². The molecule has 0 bridgehead atoms. The number of hydrogen-bond donors (Lipinski definition) is 2. The van der Waals surface area contributed by atoms with E-state index in [2.05, 4.69) is 10.3 Å². The van der Waals surface area contributed by atoms with Gasteiger partial charge >= 0.3 is 6.03 Å². The Labute approximate surface area is 162 Å². The fraction of sp³-hybridized carbons (Fsp3) is 0.333. The van der Waals surface area contributed by atoms with Gasteiger partial charge in [0.25, 0.3) is 0 Å². The lowest BCUT2D eigenvalue weighted by Crippen LogP contribution is -2.40. The number of carbonyl (C=O) groups is 1. The number of rotatable bonds is 2. The largest absolute Gasteiger partial charge is 0.486 e. The molecule has 0 saturated carbocycles. The van der Waals surface area contributed by atoms with Gasteiger partial charge in [-0.15, -0.1) is 0 Å². The third-order valence-electron chi connectivity index (χ3n) is 5.37. The lowest BCUT2D eigenvalue weighted by molar-refractivity contribution is 0.171. The molecule has 5 rings (SSSR count). The maximum atomic E-state index is 12.6. The van der Waals surface area contributed by atoms with Crippen molar-refractivity contribution in [1.82, 2.24) is 14.9 Å². The number of amides is 2. The van der Waals surface area contributed by atoms with Gasteiger partial charge in [-0.3, -0.25) is 0 Å². The summed E-state index contributed by atoms with van der Waals surface area (Å²) in [6.45, 7) is 2.49. The molecule has 3 heterocycles. The van der Waals surface area contributed by atoms with Crippen LogP contribution < -0.4 is 14.8 Å². The molecule has 1 saturated heterocycles. The summed E-state index contributed by atoms with van der Waals surface area (Å²) in [6.07, 6.45) is 1.79. The maximum Gasteiger partial charge on any atom is 0.321 e. The number of aromatic nitrogens is 2. The van der Waals surface area contributed by atoms with Crippen LogP contribution in [0.4, 0.5) is 10.5 Å². The Morgan fingerprint density at radius 3 is 2.68 bits per heavy atom. The molecule has 2 aromatic carbocycles. The van der Waals surface area contributed by atoms with E-state index in [9.17, 15) is 4.79 Å². The van der Waals surface area contributed by atoms with Crippen LogP contribution in [0.2, 0.25) is 0 Å². The Bertz CT molecular complexity index is 975. The number of H-pyrrole nitrogens is 1. The second-order valence-corrected chi connectivity index (χ2v) is 7.19. The van der Waals surface area contributed by atoms with Crippen molar-refractivity contribution in [3.8, 4) is 11.5 Å². The van der Waals surface area contributed by atoms with Gasteiger partial charge in [0.05, 0.1) is 11.0 Å². The molecule has 0 spiro atoms. The van der Waals surface area contributed by atoms with Crippen LogP contribution >= 0.6 is 0 Å². The summed E-state index contributed by atoms with van der Waals surface area (Å²) >= 11 is 0. The van der Waals surface area contributed by atoms with Gasteiger partial charge in [-0.05, 0) is 37.1 Å². The molecule has 144 valence electrons. The van der Waals surface area contributed by atoms with E-state index in [1.54, 1.807) is 0 Å². The minimum atomic E-state index is -0.0836. The molecular weight excluding hydrogens is 356 g/mol. The first-order valence-corrected chi connectivity index (χ1v) is 9.66. The first-order chi connectivity index (χ1) is 13.8. The van der Waals surface area contributed by atoms with Crippen LogP contribution in [0.1, 0.15) is 24.6 Å². The summed E-state index contributed by atoms with van der Waals surface area (Å²) in [5, 5.41) is 2.97. The van der Waals surface area contributed by atoms with Crippen LogP contribution in [0.5, 0.6) is 11.5 Å². The quantitative estimate of drug-likeness (QED) is 0.712. The van der Waals surface area contributed by atoms with E-state index in [0.29, 0.717) is 43.7 Å². The third kappa shape index (κ3) is 3.24. The molecule has 28 heavy (non-hydrogen) atoms. The monoisotopic (exact) mass is 378 g/mol. The van der Waals surface area contributed by atoms with Crippen molar-refractivity contribution in [2.45, 2.75) is 18.8 Å². The molecule has 0 aliphatic carbocycles. The first-order valence-electron chi connectivity index (χ1n) is 9.66. The Hall–Kier alpha value is -3.22. The van der Waals surface area contributed by atoms with E-state index >= 15 is 0 Å². The number of para-hydroxylation sites is 2. The zero-order valence-electron chi connectivity index (χ0n) is 15.5. The summed E-state index contributed by atoms with van der Waals surface area (Å²) in [4.78, 5) is 22.6. The maximum absolute atomic E-state index is 12.6. The van der Waals surface area contributed by atoms with E-state index in [0.717, 1.165) is 35.4 Å². The van der Waals surface area contributed by atoms with E-state index in [4.69, 9.17) is 14.5 Å². The normalized spacial score (nSPS) is 16.9. The van der Waals surface area contributed by atoms with Crippen molar-refractivity contribution in [3.05, 3.63) is 48.3 Å². The lowest BCUT2D eigenvalue weighted by atomic mass is 9.96. The van der Waals surface area contributed by atoms with Gasteiger partial charge in [0.2, 0.25) is 0 Å². The van der Waals surface area contributed by atoms with Crippen LogP contribution in [0.3, 0.4) is 0 Å². The number of urea groups is 1. The minimum absolute atomic E-state index is 0.0836. The van der Waals surface area contributed by atoms with Gasteiger partial charge in [0, 0.05) is 30.8 Å². The highest BCUT2D eigenvalue weighted by Crippen LogP contribution is 2.33. The molecule has 2 amide bonds. The van der Waals surface area contributed by atoms with Crippen LogP contribution in [-0.2, 0) is 0 Å². The predicted octanol–water partition coefficient (Wildman–Crippen LogP) is 3.75. The molecule has 1 aromatic heterocycles. The zero-order chi connectivity index (χ0) is 18.9. The number of benzene rings is 2. The Kier molecular flexibility index (Phi) is 4.27. The van der Waals surface area contributed by atoms with Crippen LogP contribution in [0.15, 0.2) is 42.5 Å². The molecular formula is C21H22N4O3. The Balaban J connectivity index is 1.21. The van der Waals surface area contributed by atoms with Crippen molar-refractivity contribution in [3.63, 3.8) is 0 Å². The fourth-order valence-electron chi connectivity index (χ4n) is 3.85.